The SMILES string of the molecule is CC(C)(C)OC(=O)Nc1ccc(-c2cnc(N3CCOCC3)c3nc(C=Cc4ccc5ccccc5n4)cn23)cn1. The third-order valence-electron chi connectivity index (χ3n) is 6.54. The minimum atomic E-state index is -0.596. The fraction of sp³-hybridized carbons (Fsp3) is 0.258. The third kappa shape index (κ3) is 6.02. The number of aromatic nitrogens is 5. The number of hydrogen-bond acceptors (Lipinski definition) is 8. The van der Waals surface area contributed by atoms with Gasteiger partial charge in [0.25, 0.3) is 0 Å². The monoisotopic (exact) mass is 549 g/mol. The predicted molar refractivity (Wildman–Crippen MR) is 160 cm³/mol. The van der Waals surface area contributed by atoms with E-state index in [9.17, 15) is 4.79 Å². The van der Waals surface area contributed by atoms with Crippen LogP contribution in [0.4, 0.5) is 16.4 Å². The molecule has 1 aromatic carbocycles. The molecule has 10 heteroatoms. The number of nitrogens with zero attached hydrogens (tertiary/aromatic N) is 6. The normalized spacial score (nSPS) is 14.2. The number of rotatable bonds is 5. The molecule has 1 aliphatic rings. The van der Waals surface area contributed by atoms with Gasteiger partial charge in [0.05, 0.1) is 42.0 Å². The van der Waals surface area contributed by atoms with Crippen LogP contribution in [0, 0.1) is 0 Å². The molecular weight excluding hydrogens is 518 g/mol. The molecule has 6 rings (SSSR count). The molecule has 0 atom stereocenters. The van der Waals surface area contributed by atoms with Crippen LogP contribution in [0.3, 0.4) is 0 Å². The van der Waals surface area contributed by atoms with Gasteiger partial charge in [0, 0.05) is 36.4 Å². The number of hydrogen-bond donors (Lipinski definition) is 1. The quantitative estimate of drug-likeness (QED) is 0.298. The molecule has 0 aliphatic carbocycles. The number of nitrogens with one attached hydrogen (secondary N) is 1. The minimum Gasteiger partial charge on any atom is -0.444 e. The molecule has 0 saturated carbocycles. The smallest absolute Gasteiger partial charge is 0.413 e. The lowest BCUT2D eigenvalue weighted by molar-refractivity contribution is 0.0635. The van der Waals surface area contributed by atoms with E-state index >= 15 is 0 Å². The summed E-state index contributed by atoms with van der Waals surface area (Å²) in [6.45, 7) is 8.22. The molecular formula is C31H31N7O3. The van der Waals surface area contributed by atoms with Crippen molar-refractivity contribution >= 4 is 46.4 Å². The van der Waals surface area contributed by atoms with Crippen LogP contribution in [-0.2, 0) is 9.47 Å². The third-order valence-corrected chi connectivity index (χ3v) is 6.54. The van der Waals surface area contributed by atoms with E-state index in [1.165, 1.54) is 0 Å². The number of morpholine rings is 1. The van der Waals surface area contributed by atoms with E-state index in [4.69, 9.17) is 24.4 Å². The van der Waals surface area contributed by atoms with E-state index in [-0.39, 0.29) is 0 Å². The summed E-state index contributed by atoms with van der Waals surface area (Å²) in [5.74, 6) is 1.20. The highest BCUT2D eigenvalue weighted by Crippen LogP contribution is 2.28. The van der Waals surface area contributed by atoms with Crippen LogP contribution in [0.2, 0.25) is 0 Å². The zero-order valence-electron chi connectivity index (χ0n) is 23.2. The fourth-order valence-corrected chi connectivity index (χ4v) is 4.65. The molecule has 0 unspecified atom stereocenters. The van der Waals surface area contributed by atoms with E-state index in [0.29, 0.717) is 19.0 Å². The Kier molecular flexibility index (Phi) is 7.07. The number of carbonyl (C=O) groups is 1. The molecule has 1 saturated heterocycles. The summed E-state index contributed by atoms with van der Waals surface area (Å²) in [4.78, 5) is 33.3. The average Bonchev–Trinajstić information content (AvgIpc) is 3.40. The molecule has 1 N–H and O–H groups in total. The first kappa shape index (κ1) is 26.4. The van der Waals surface area contributed by atoms with E-state index in [1.54, 1.807) is 12.3 Å². The van der Waals surface area contributed by atoms with Crippen molar-refractivity contribution < 1.29 is 14.3 Å². The topological polar surface area (TPSA) is 107 Å². The second kappa shape index (κ2) is 11.0. The zero-order chi connectivity index (χ0) is 28.4. The van der Waals surface area contributed by atoms with Gasteiger partial charge < -0.3 is 14.4 Å². The number of pyridine rings is 2. The summed E-state index contributed by atoms with van der Waals surface area (Å²) in [5, 5.41) is 3.77. The Labute approximate surface area is 237 Å². The minimum absolute atomic E-state index is 0.397. The first-order valence-corrected chi connectivity index (χ1v) is 13.5. The number of benzene rings is 1. The van der Waals surface area contributed by atoms with Gasteiger partial charge in [-0.3, -0.25) is 9.72 Å². The summed E-state index contributed by atoms with van der Waals surface area (Å²) in [6.07, 6.45) is 8.89. The van der Waals surface area contributed by atoms with Crippen LogP contribution in [0.1, 0.15) is 32.2 Å². The van der Waals surface area contributed by atoms with Gasteiger partial charge in [-0.05, 0) is 57.2 Å². The molecule has 10 nitrogen and oxygen atoms in total. The van der Waals surface area contributed by atoms with Crippen LogP contribution in [0.5, 0.6) is 0 Å². The standard InChI is InChI=1S/C31H31N7O3/c1-31(2,3)41-30(39)36-27-13-9-22(18-32-27)26-19-33-28(37-14-16-40-17-15-37)29-35-24(20-38(26)29)12-11-23-10-8-21-6-4-5-7-25(21)34-23/h4-13,18-20H,14-17H2,1-3H3,(H,32,36,39). The second-order valence-corrected chi connectivity index (χ2v) is 10.7. The average molecular weight is 550 g/mol. The summed E-state index contributed by atoms with van der Waals surface area (Å²) >= 11 is 0. The maximum absolute atomic E-state index is 12.2. The highest BCUT2D eigenvalue weighted by atomic mass is 16.6. The van der Waals surface area contributed by atoms with Crippen LogP contribution in [-0.4, -0.2) is 62.3 Å². The second-order valence-electron chi connectivity index (χ2n) is 10.7. The molecule has 0 spiro atoms. The van der Waals surface area contributed by atoms with Crippen LogP contribution < -0.4 is 10.2 Å². The van der Waals surface area contributed by atoms with Crippen LogP contribution in [0.25, 0.3) is 40.0 Å². The largest absolute Gasteiger partial charge is 0.444 e. The number of imidazole rings is 1. The maximum Gasteiger partial charge on any atom is 0.413 e. The Morgan fingerprint density at radius 2 is 1.76 bits per heavy atom. The zero-order valence-corrected chi connectivity index (χ0v) is 23.2. The van der Waals surface area contributed by atoms with Gasteiger partial charge in [0.2, 0.25) is 0 Å². The molecule has 0 bridgehead atoms. The van der Waals surface area contributed by atoms with E-state index < -0.39 is 11.7 Å². The van der Waals surface area contributed by atoms with Crippen molar-refractivity contribution in [3.8, 4) is 11.3 Å². The Hall–Kier alpha value is -4.83. The lowest BCUT2D eigenvalue weighted by atomic mass is 10.2. The van der Waals surface area contributed by atoms with Gasteiger partial charge in [0.1, 0.15) is 11.4 Å². The molecule has 41 heavy (non-hydrogen) atoms. The van der Waals surface area contributed by atoms with Gasteiger partial charge in [-0.1, -0.05) is 24.3 Å². The Morgan fingerprint density at radius 1 is 0.951 bits per heavy atom. The summed E-state index contributed by atoms with van der Waals surface area (Å²) in [7, 11) is 0. The highest BCUT2D eigenvalue weighted by Gasteiger charge is 2.20. The summed E-state index contributed by atoms with van der Waals surface area (Å²) in [6, 6.07) is 15.7. The van der Waals surface area contributed by atoms with Gasteiger partial charge >= 0.3 is 6.09 Å². The first-order valence-electron chi connectivity index (χ1n) is 13.5. The van der Waals surface area contributed by atoms with E-state index in [0.717, 1.165) is 58.1 Å². The molecule has 1 fully saturated rings. The molecule has 5 heterocycles. The van der Waals surface area contributed by atoms with Crippen molar-refractivity contribution in [2.45, 2.75) is 26.4 Å². The Bertz CT molecular complexity index is 1730. The van der Waals surface area contributed by atoms with E-state index in [1.807, 2.05) is 80.0 Å². The Morgan fingerprint density at radius 3 is 2.54 bits per heavy atom. The highest BCUT2D eigenvalue weighted by molar-refractivity contribution is 5.84. The number of para-hydroxylation sites is 1. The molecule has 5 aromatic rings. The molecule has 0 radical (unpaired) electrons. The predicted octanol–water partition coefficient (Wildman–Crippen LogP) is 5.69. The van der Waals surface area contributed by atoms with Crippen molar-refractivity contribution in [2.75, 3.05) is 36.5 Å². The van der Waals surface area contributed by atoms with E-state index in [2.05, 4.69) is 27.3 Å². The number of fused-ring (bicyclic) bond motifs is 2. The van der Waals surface area contributed by atoms with Gasteiger partial charge in [-0.25, -0.2) is 24.7 Å². The summed E-state index contributed by atoms with van der Waals surface area (Å²) < 4.78 is 12.9. The summed E-state index contributed by atoms with van der Waals surface area (Å²) in [5.41, 5.74) is 4.37. The fourth-order valence-electron chi connectivity index (χ4n) is 4.65. The van der Waals surface area contributed by atoms with Gasteiger partial charge in [-0.15, -0.1) is 0 Å². The number of carbonyl (C=O) groups excluding carboxylic acids is 1. The number of ether oxygens (including phenoxy) is 2. The lowest BCUT2D eigenvalue weighted by Gasteiger charge is -2.28. The van der Waals surface area contributed by atoms with Crippen molar-refractivity contribution in [1.82, 2.24) is 24.3 Å². The molecule has 1 amide bonds. The first-order chi connectivity index (χ1) is 19.8. The van der Waals surface area contributed by atoms with Crippen molar-refractivity contribution in [1.29, 1.82) is 0 Å². The van der Waals surface area contributed by atoms with Gasteiger partial charge in [0.15, 0.2) is 11.5 Å². The van der Waals surface area contributed by atoms with Gasteiger partial charge in [-0.2, -0.15) is 0 Å². The number of anilines is 2. The Balaban J connectivity index is 1.33. The lowest BCUT2D eigenvalue weighted by Crippen LogP contribution is -2.37. The maximum atomic E-state index is 12.2. The van der Waals surface area contributed by atoms with Crippen molar-refractivity contribution in [2.24, 2.45) is 0 Å². The van der Waals surface area contributed by atoms with Crippen molar-refractivity contribution in [3.05, 3.63) is 78.5 Å². The number of amides is 1. The van der Waals surface area contributed by atoms with Crippen molar-refractivity contribution in [3.63, 3.8) is 0 Å². The van der Waals surface area contributed by atoms with Crippen LogP contribution in [0.15, 0.2) is 67.1 Å². The molecule has 4 aromatic heterocycles. The molecule has 208 valence electrons. The van der Waals surface area contributed by atoms with Crippen LogP contribution >= 0.6 is 0 Å². The molecule has 1 aliphatic heterocycles.